The molecule has 0 aromatic heterocycles. The van der Waals surface area contributed by atoms with Gasteiger partial charge in [0.1, 0.15) is 13.1 Å². The Morgan fingerprint density at radius 3 is 2.19 bits per heavy atom. The molecule has 0 saturated carbocycles. The van der Waals surface area contributed by atoms with E-state index in [1.165, 1.54) is 7.05 Å². The van der Waals surface area contributed by atoms with E-state index in [2.05, 4.69) is 4.72 Å². The van der Waals surface area contributed by atoms with Crippen molar-refractivity contribution in [2.75, 3.05) is 25.0 Å². The average Bonchev–Trinajstić information content (AvgIpc) is 2.36. The Kier molecular flexibility index (Phi) is 5.18. The summed E-state index contributed by atoms with van der Waals surface area (Å²) in [6, 6.07) is 4.45. The third-order valence-corrected chi connectivity index (χ3v) is 3.91. The normalized spacial score (nSPS) is 12.2. The molecule has 0 aliphatic heterocycles. The van der Waals surface area contributed by atoms with Gasteiger partial charge in [0, 0.05) is 5.69 Å². The molecule has 6 nitrogen and oxygen atoms in total. The second-order valence-corrected chi connectivity index (χ2v) is 5.95. The molecule has 0 radical (unpaired) electrons. The third-order valence-electron chi connectivity index (χ3n) is 2.48. The number of alkyl halides is 3. The number of halogens is 3. The number of nitrogens with zero attached hydrogens (tertiary/aromatic N) is 1. The summed E-state index contributed by atoms with van der Waals surface area (Å²) in [6.07, 6.45) is -4.58. The lowest BCUT2D eigenvalue weighted by atomic mass is 10.3. The van der Waals surface area contributed by atoms with Crippen molar-refractivity contribution >= 4 is 21.7 Å². The average molecular weight is 326 g/mol. The molecule has 1 aromatic rings. The van der Waals surface area contributed by atoms with E-state index in [0.717, 1.165) is 24.3 Å². The van der Waals surface area contributed by atoms with Crippen molar-refractivity contribution in [3.8, 4) is 0 Å². The van der Waals surface area contributed by atoms with Crippen molar-refractivity contribution in [3.63, 3.8) is 0 Å². The summed E-state index contributed by atoms with van der Waals surface area (Å²) in [6.45, 7) is -2.30. The quantitative estimate of drug-likeness (QED) is 0.816. The maximum Gasteiger partial charge on any atom is 0.405 e. The highest BCUT2D eigenvalue weighted by Gasteiger charge is 2.31. The van der Waals surface area contributed by atoms with Crippen molar-refractivity contribution in [2.45, 2.75) is 11.1 Å². The molecule has 118 valence electrons. The van der Waals surface area contributed by atoms with Crippen LogP contribution in [0.5, 0.6) is 0 Å². The summed E-state index contributed by atoms with van der Waals surface area (Å²) in [5.41, 5.74) is -0.0372. The van der Waals surface area contributed by atoms with Gasteiger partial charge in [-0.3, -0.25) is 4.79 Å². The lowest BCUT2D eigenvalue weighted by Gasteiger charge is -2.24. The van der Waals surface area contributed by atoms with Crippen molar-refractivity contribution < 1.29 is 31.5 Å². The fourth-order valence-corrected chi connectivity index (χ4v) is 2.30. The number of sulfonamides is 1. The zero-order chi connectivity index (χ0) is 16.3. The Hall–Kier alpha value is -1.81. The first-order valence-electron chi connectivity index (χ1n) is 5.62. The van der Waals surface area contributed by atoms with Crippen LogP contribution in [0.1, 0.15) is 0 Å². The van der Waals surface area contributed by atoms with Gasteiger partial charge in [-0.15, -0.1) is 0 Å². The van der Waals surface area contributed by atoms with Crippen molar-refractivity contribution in [2.24, 2.45) is 0 Å². The summed E-state index contributed by atoms with van der Waals surface area (Å²) in [7, 11) is -2.51. The fourth-order valence-electron chi connectivity index (χ4n) is 1.57. The van der Waals surface area contributed by atoms with Gasteiger partial charge in [-0.2, -0.15) is 13.2 Å². The smallest absolute Gasteiger partial charge is 0.405 e. The molecule has 0 bridgehead atoms. The van der Waals surface area contributed by atoms with Crippen LogP contribution < -0.4 is 9.62 Å². The van der Waals surface area contributed by atoms with Gasteiger partial charge < -0.3 is 10.0 Å². The van der Waals surface area contributed by atoms with Crippen LogP contribution in [-0.4, -0.2) is 45.8 Å². The van der Waals surface area contributed by atoms with E-state index in [1.807, 2.05) is 0 Å². The van der Waals surface area contributed by atoms with Gasteiger partial charge in [-0.1, -0.05) is 0 Å². The number of carbonyl (C=O) groups is 1. The first kappa shape index (κ1) is 17.2. The van der Waals surface area contributed by atoms with Crippen molar-refractivity contribution in [3.05, 3.63) is 24.3 Å². The van der Waals surface area contributed by atoms with Crippen LogP contribution in [0.4, 0.5) is 18.9 Å². The van der Waals surface area contributed by atoms with E-state index in [1.54, 1.807) is 0 Å². The van der Waals surface area contributed by atoms with E-state index in [0.29, 0.717) is 4.90 Å². The summed E-state index contributed by atoms with van der Waals surface area (Å²) in [4.78, 5) is 11.1. The predicted octanol–water partition coefficient (Wildman–Crippen LogP) is 1.05. The monoisotopic (exact) mass is 326 g/mol. The number of anilines is 1. The Morgan fingerprint density at radius 2 is 1.81 bits per heavy atom. The molecule has 21 heavy (non-hydrogen) atoms. The lowest BCUT2D eigenvalue weighted by molar-refractivity contribution is -0.136. The zero-order valence-corrected chi connectivity index (χ0v) is 11.7. The number of carboxylic acids is 1. The second-order valence-electron chi connectivity index (χ2n) is 4.07. The van der Waals surface area contributed by atoms with E-state index in [-0.39, 0.29) is 10.6 Å². The molecule has 0 atom stereocenters. The number of rotatable bonds is 6. The molecule has 0 saturated heterocycles. The largest absolute Gasteiger partial charge is 0.480 e. The van der Waals surface area contributed by atoms with Crippen molar-refractivity contribution in [1.29, 1.82) is 0 Å². The molecule has 1 rings (SSSR count). The minimum Gasteiger partial charge on any atom is -0.480 e. The van der Waals surface area contributed by atoms with Gasteiger partial charge >= 0.3 is 12.1 Å². The van der Waals surface area contributed by atoms with Crippen molar-refractivity contribution in [1.82, 2.24) is 4.72 Å². The molecule has 2 N–H and O–H groups in total. The number of hydrogen-bond donors (Lipinski definition) is 2. The topological polar surface area (TPSA) is 86.7 Å². The van der Waals surface area contributed by atoms with Crippen LogP contribution in [0.3, 0.4) is 0 Å². The Bertz CT molecular complexity index is 599. The minimum atomic E-state index is -4.58. The standard InChI is InChI=1S/C11H13F3N2O4S/c1-15-21(19,20)9-4-2-8(3-5-9)16(6-10(17)18)7-11(12,13)14/h2-5,15H,6-7H2,1H3,(H,17,18). The van der Waals surface area contributed by atoms with Crippen LogP contribution in [0, 0.1) is 0 Å². The van der Waals surface area contributed by atoms with E-state index in [4.69, 9.17) is 5.11 Å². The maximum absolute atomic E-state index is 12.4. The van der Waals surface area contributed by atoms with Crippen LogP contribution in [0.15, 0.2) is 29.2 Å². The number of carboxylic acid groups (broad SMARTS) is 1. The van der Waals surface area contributed by atoms with Gasteiger partial charge in [0.05, 0.1) is 4.90 Å². The highest BCUT2D eigenvalue weighted by molar-refractivity contribution is 7.89. The first-order valence-corrected chi connectivity index (χ1v) is 7.10. The first-order chi connectivity index (χ1) is 9.55. The molecule has 0 aliphatic rings. The second kappa shape index (κ2) is 6.31. The zero-order valence-electron chi connectivity index (χ0n) is 10.9. The molecule has 0 heterocycles. The summed E-state index contributed by atoms with van der Waals surface area (Å²) in [5, 5.41) is 8.65. The minimum absolute atomic E-state index is 0.0372. The lowest BCUT2D eigenvalue weighted by Crippen LogP contribution is -2.37. The SMILES string of the molecule is CNS(=O)(=O)c1ccc(N(CC(=O)O)CC(F)(F)F)cc1. The molecule has 0 fully saturated rings. The Balaban J connectivity index is 3.06. The van der Waals surface area contributed by atoms with Crippen LogP contribution in [0.2, 0.25) is 0 Å². The molecule has 0 unspecified atom stereocenters. The highest BCUT2D eigenvalue weighted by Crippen LogP contribution is 2.23. The molecule has 0 aliphatic carbocycles. The van der Waals surface area contributed by atoms with E-state index >= 15 is 0 Å². The number of aliphatic carboxylic acids is 1. The summed E-state index contributed by atoms with van der Waals surface area (Å²) < 4.78 is 62.3. The third kappa shape index (κ3) is 5.23. The van der Waals surface area contributed by atoms with E-state index < -0.39 is 35.3 Å². The maximum atomic E-state index is 12.4. The molecule has 10 heteroatoms. The Morgan fingerprint density at radius 1 is 1.29 bits per heavy atom. The highest BCUT2D eigenvalue weighted by atomic mass is 32.2. The van der Waals surface area contributed by atoms with E-state index in [9.17, 15) is 26.4 Å². The molecular formula is C11H13F3N2O4S. The number of nitrogens with one attached hydrogen (secondary N) is 1. The fraction of sp³-hybridized carbons (Fsp3) is 0.364. The Labute approximate surface area is 119 Å². The molecule has 0 spiro atoms. The van der Waals surface area contributed by atoms with Crippen LogP contribution in [-0.2, 0) is 14.8 Å². The van der Waals surface area contributed by atoms with Gasteiger partial charge in [-0.25, -0.2) is 13.1 Å². The number of hydrogen-bond acceptors (Lipinski definition) is 4. The van der Waals surface area contributed by atoms with Gasteiger partial charge in [0.25, 0.3) is 0 Å². The molecule has 1 aromatic carbocycles. The van der Waals surface area contributed by atoms with Crippen LogP contribution in [0.25, 0.3) is 0 Å². The molecule has 0 amide bonds. The number of benzene rings is 1. The van der Waals surface area contributed by atoms with Gasteiger partial charge in [0.15, 0.2) is 0 Å². The van der Waals surface area contributed by atoms with Gasteiger partial charge in [-0.05, 0) is 31.3 Å². The predicted molar refractivity (Wildman–Crippen MR) is 68.6 cm³/mol. The summed E-state index contributed by atoms with van der Waals surface area (Å²) >= 11 is 0. The summed E-state index contributed by atoms with van der Waals surface area (Å²) in [5.74, 6) is -1.42. The van der Waals surface area contributed by atoms with Crippen LogP contribution >= 0.6 is 0 Å². The molecular weight excluding hydrogens is 313 g/mol. The van der Waals surface area contributed by atoms with Gasteiger partial charge in [0.2, 0.25) is 10.0 Å².